The summed E-state index contributed by atoms with van der Waals surface area (Å²) in [4.78, 5) is 0. The first kappa shape index (κ1) is 12.8. The van der Waals surface area contributed by atoms with E-state index in [1.807, 2.05) is 0 Å². The topological polar surface area (TPSA) is 21.3 Å². The maximum Gasteiger partial charge on any atom is 0.0507 e. The van der Waals surface area contributed by atoms with Gasteiger partial charge in [-0.1, -0.05) is 24.3 Å². The number of rotatable bonds is 3. The van der Waals surface area contributed by atoms with Crippen LogP contribution in [0.2, 0.25) is 0 Å². The molecule has 1 saturated carbocycles. The molecule has 0 amide bonds. The summed E-state index contributed by atoms with van der Waals surface area (Å²) in [6, 6.07) is 9.84. The zero-order valence-corrected chi connectivity index (χ0v) is 12.2. The van der Waals surface area contributed by atoms with Crippen LogP contribution in [0.25, 0.3) is 0 Å². The predicted molar refractivity (Wildman–Crippen MR) is 80.8 cm³/mol. The van der Waals surface area contributed by atoms with Gasteiger partial charge in [0.05, 0.1) is 6.61 Å². The van der Waals surface area contributed by atoms with Crippen molar-refractivity contribution in [3.63, 3.8) is 0 Å². The van der Waals surface area contributed by atoms with Crippen LogP contribution in [0.15, 0.2) is 24.3 Å². The lowest BCUT2D eigenvalue weighted by Crippen LogP contribution is -2.40. The van der Waals surface area contributed by atoms with Gasteiger partial charge in [0.15, 0.2) is 0 Å². The van der Waals surface area contributed by atoms with Crippen LogP contribution in [0.3, 0.4) is 0 Å². The summed E-state index contributed by atoms with van der Waals surface area (Å²) in [6.45, 7) is 3.10. The van der Waals surface area contributed by atoms with E-state index >= 15 is 0 Å². The van der Waals surface area contributed by atoms with Crippen LogP contribution in [0, 0.1) is 17.8 Å². The van der Waals surface area contributed by atoms with Gasteiger partial charge in [-0.2, -0.15) is 0 Å². The van der Waals surface area contributed by atoms with Crippen molar-refractivity contribution in [3.05, 3.63) is 35.4 Å². The molecule has 0 radical (unpaired) electrons. The highest BCUT2D eigenvalue weighted by atomic mass is 16.5. The van der Waals surface area contributed by atoms with E-state index in [-0.39, 0.29) is 0 Å². The summed E-state index contributed by atoms with van der Waals surface area (Å²) in [5.74, 6) is 2.46. The van der Waals surface area contributed by atoms with Crippen LogP contribution < -0.4 is 5.32 Å². The third-order valence-corrected chi connectivity index (χ3v) is 5.67. The van der Waals surface area contributed by atoms with E-state index < -0.39 is 0 Å². The number of nitrogens with one attached hydrogen (secondary N) is 1. The van der Waals surface area contributed by atoms with E-state index in [4.69, 9.17) is 4.74 Å². The Labute approximate surface area is 121 Å². The lowest BCUT2D eigenvalue weighted by atomic mass is 9.94. The summed E-state index contributed by atoms with van der Waals surface area (Å²) in [5, 5.41) is 3.92. The largest absolute Gasteiger partial charge is 0.381 e. The minimum Gasteiger partial charge on any atom is -0.381 e. The van der Waals surface area contributed by atoms with Crippen molar-refractivity contribution >= 4 is 0 Å². The SMILES string of the molecule is c1ccc2c(c1)CC1CCC(C2)C1NCC1CCOC1. The van der Waals surface area contributed by atoms with E-state index in [1.54, 1.807) is 11.1 Å². The fourth-order valence-corrected chi connectivity index (χ4v) is 4.53. The number of hydrogen-bond acceptors (Lipinski definition) is 2. The summed E-state index contributed by atoms with van der Waals surface area (Å²) in [5.41, 5.74) is 3.21. The summed E-state index contributed by atoms with van der Waals surface area (Å²) in [7, 11) is 0. The van der Waals surface area contributed by atoms with Gasteiger partial charge in [-0.15, -0.1) is 0 Å². The quantitative estimate of drug-likeness (QED) is 0.913. The van der Waals surface area contributed by atoms with E-state index in [2.05, 4.69) is 29.6 Å². The summed E-state index contributed by atoms with van der Waals surface area (Å²) in [6.07, 6.45) is 6.64. The first-order valence-corrected chi connectivity index (χ1v) is 8.28. The van der Waals surface area contributed by atoms with Gasteiger partial charge in [-0.25, -0.2) is 0 Å². The molecular formula is C18H25NO. The predicted octanol–water partition coefficient (Wildman–Crippen LogP) is 2.81. The first-order valence-electron chi connectivity index (χ1n) is 8.28. The molecule has 1 N–H and O–H groups in total. The zero-order chi connectivity index (χ0) is 13.4. The van der Waals surface area contributed by atoms with Gasteiger partial charge >= 0.3 is 0 Å². The van der Waals surface area contributed by atoms with Gasteiger partial charge in [-0.3, -0.25) is 0 Å². The van der Waals surface area contributed by atoms with Crippen molar-refractivity contribution in [2.24, 2.45) is 17.8 Å². The highest BCUT2D eigenvalue weighted by molar-refractivity contribution is 5.30. The Bertz CT molecular complexity index is 433. The summed E-state index contributed by atoms with van der Waals surface area (Å²) >= 11 is 0. The molecule has 1 aromatic rings. The molecule has 1 heterocycles. The standard InChI is InChI=1S/C18H25NO/c1-2-4-15-10-17-6-5-16(9-14(15)3-1)18(17)19-11-13-7-8-20-12-13/h1-4,13,16-19H,5-12H2. The molecule has 3 atom stereocenters. The van der Waals surface area contributed by atoms with Crippen LogP contribution in [0.1, 0.15) is 30.4 Å². The zero-order valence-electron chi connectivity index (χ0n) is 12.2. The van der Waals surface area contributed by atoms with Crippen molar-refractivity contribution in [3.8, 4) is 0 Å². The Morgan fingerprint density at radius 3 is 2.30 bits per heavy atom. The van der Waals surface area contributed by atoms with Crippen LogP contribution >= 0.6 is 0 Å². The Morgan fingerprint density at radius 1 is 1.00 bits per heavy atom. The second-order valence-electron chi connectivity index (χ2n) is 6.94. The Morgan fingerprint density at radius 2 is 1.70 bits per heavy atom. The van der Waals surface area contributed by atoms with Gasteiger partial charge in [-0.05, 0) is 61.0 Å². The van der Waals surface area contributed by atoms with E-state index in [9.17, 15) is 0 Å². The highest BCUT2D eigenvalue weighted by Gasteiger charge is 2.38. The molecule has 2 heteroatoms. The second kappa shape index (κ2) is 5.50. The molecule has 4 rings (SSSR count). The molecule has 20 heavy (non-hydrogen) atoms. The third kappa shape index (κ3) is 2.40. The van der Waals surface area contributed by atoms with Crippen LogP contribution in [0.4, 0.5) is 0 Å². The van der Waals surface area contributed by atoms with Gasteiger partial charge in [0.2, 0.25) is 0 Å². The normalized spacial score (nSPS) is 35.8. The van der Waals surface area contributed by atoms with Gasteiger partial charge in [0.25, 0.3) is 0 Å². The van der Waals surface area contributed by atoms with Crippen molar-refractivity contribution in [1.82, 2.24) is 5.32 Å². The molecular weight excluding hydrogens is 246 g/mol. The minimum atomic E-state index is 0.739. The molecule has 3 aliphatic rings. The van der Waals surface area contributed by atoms with Gasteiger partial charge in [0, 0.05) is 19.2 Å². The molecule has 2 aliphatic carbocycles. The van der Waals surface area contributed by atoms with E-state index in [1.165, 1.54) is 32.1 Å². The average molecular weight is 271 g/mol. The molecule has 2 bridgehead atoms. The average Bonchev–Trinajstić information content (AvgIpc) is 3.04. The molecule has 2 fully saturated rings. The monoisotopic (exact) mass is 271 g/mol. The van der Waals surface area contributed by atoms with Crippen molar-refractivity contribution in [1.29, 1.82) is 0 Å². The first-order chi connectivity index (χ1) is 9.90. The van der Waals surface area contributed by atoms with E-state index in [0.29, 0.717) is 0 Å². The van der Waals surface area contributed by atoms with Crippen molar-refractivity contribution in [2.75, 3.05) is 19.8 Å². The van der Waals surface area contributed by atoms with Gasteiger partial charge in [0.1, 0.15) is 0 Å². The maximum atomic E-state index is 5.50. The fourth-order valence-electron chi connectivity index (χ4n) is 4.53. The molecule has 0 aromatic heterocycles. The second-order valence-corrected chi connectivity index (χ2v) is 6.94. The number of ether oxygens (including phenoxy) is 1. The molecule has 0 spiro atoms. The molecule has 1 aliphatic heterocycles. The van der Waals surface area contributed by atoms with Gasteiger partial charge < -0.3 is 10.1 Å². The molecule has 2 nitrogen and oxygen atoms in total. The number of hydrogen-bond donors (Lipinski definition) is 1. The van der Waals surface area contributed by atoms with Crippen molar-refractivity contribution in [2.45, 2.75) is 38.1 Å². The fraction of sp³-hybridized carbons (Fsp3) is 0.667. The summed E-state index contributed by atoms with van der Waals surface area (Å²) < 4.78 is 5.50. The molecule has 1 aromatic carbocycles. The Balaban J connectivity index is 1.46. The molecule has 1 saturated heterocycles. The number of fused-ring (bicyclic) bond motifs is 3. The van der Waals surface area contributed by atoms with Crippen LogP contribution in [0.5, 0.6) is 0 Å². The van der Waals surface area contributed by atoms with Crippen molar-refractivity contribution < 1.29 is 4.74 Å². The maximum absolute atomic E-state index is 5.50. The molecule has 108 valence electrons. The minimum absolute atomic E-state index is 0.739. The van der Waals surface area contributed by atoms with E-state index in [0.717, 1.165) is 43.6 Å². The molecule has 3 unspecified atom stereocenters. The smallest absolute Gasteiger partial charge is 0.0507 e. The van der Waals surface area contributed by atoms with Crippen LogP contribution in [-0.4, -0.2) is 25.8 Å². The highest BCUT2D eigenvalue weighted by Crippen LogP contribution is 2.40. The lowest BCUT2D eigenvalue weighted by molar-refractivity contribution is 0.183. The van der Waals surface area contributed by atoms with Crippen LogP contribution in [-0.2, 0) is 17.6 Å². The third-order valence-electron chi connectivity index (χ3n) is 5.67. The lowest BCUT2D eigenvalue weighted by Gasteiger charge is -2.25. The number of benzene rings is 1. The Kier molecular flexibility index (Phi) is 3.53. The Hall–Kier alpha value is -0.860.